The Bertz CT molecular complexity index is 357. The van der Waals surface area contributed by atoms with Crippen LogP contribution >= 0.6 is 11.6 Å². The highest BCUT2D eigenvalue weighted by atomic mass is 35.5. The summed E-state index contributed by atoms with van der Waals surface area (Å²) < 4.78 is 0. The van der Waals surface area contributed by atoms with Gasteiger partial charge in [-0.3, -0.25) is 0 Å². The number of rotatable bonds is 3. The van der Waals surface area contributed by atoms with Crippen molar-refractivity contribution in [3.05, 3.63) is 11.2 Å². The van der Waals surface area contributed by atoms with Gasteiger partial charge in [-0.25, -0.2) is 4.98 Å². The van der Waals surface area contributed by atoms with Crippen molar-refractivity contribution in [2.45, 2.75) is 45.1 Å². The van der Waals surface area contributed by atoms with Gasteiger partial charge in [0, 0.05) is 12.1 Å². The van der Waals surface area contributed by atoms with E-state index in [2.05, 4.69) is 22.2 Å². The molecule has 0 radical (unpaired) electrons. The highest BCUT2D eigenvalue weighted by molar-refractivity contribution is 6.29. The number of hydrogen-bond donors (Lipinski definition) is 2. The number of nitrogens with zero attached hydrogens (tertiary/aromatic N) is 2. The van der Waals surface area contributed by atoms with Gasteiger partial charge < -0.3 is 11.1 Å². The monoisotopic (exact) mass is 254 g/mol. The maximum absolute atomic E-state index is 5.85. The second kappa shape index (κ2) is 5.54. The molecule has 17 heavy (non-hydrogen) atoms. The molecule has 1 saturated carbocycles. The van der Waals surface area contributed by atoms with E-state index >= 15 is 0 Å². The molecule has 1 heterocycles. The first-order chi connectivity index (χ1) is 8.15. The minimum absolute atomic E-state index is 0.218. The molecule has 94 valence electrons. The molecule has 0 bridgehead atoms. The fraction of sp³-hybridized carbons (Fsp3) is 0.667. The number of hydrogen-bond acceptors (Lipinski definition) is 4. The Balaban J connectivity index is 1.99. The van der Waals surface area contributed by atoms with E-state index in [0.29, 0.717) is 11.2 Å². The first-order valence-corrected chi connectivity index (χ1v) is 6.59. The maximum Gasteiger partial charge on any atom is 0.223 e. The van der Waals surface area contributed by atoms with Crippen LogP contribution in [0.2, 0.25) is 5.15 Å². The third kappa shape index (κ3) is 3.46. The van der Waals surface area contributed by atoms with Gasteiger partial charge in [0.05, 0.1) is 0 Å². The second-order valence-electron chi connectivity index (χ2n) is 4.77. The van der Waals surface area contributed by atoms with E-state index in [4.69, 9.17) is 17.3 Å². The van der Waals surface area contributed by atoms with Crippen molar-refractivity contribution >= 4 is 23.4 Å². The van der Waals surface area contributed by atoms with Gasteiger partial charge in [-0.05, 0) is 25.7 Å². The van der Waals surface area contributed by atoms with E-state index < -0.39 is 0 Å². The van der Waals surface area contributed by atoms with Crippen molar-refractivity contribution in [1.82, 2.24) is 9.97 Å². The van der Waals surface area contributed by atoms with Crippen molar-refractivity contribution in [3.8, 4) is 0 Å². The summed E-state index contributed by atoms with van der Waals surface area (Å²) in [7, 11) is 0. The summed E-state index contributed by atoms with van der Waals surface area (Å²) in [4.78, 5) is 7.99. The summed E-state index contributed by atoms with van der Waals surface area (Å²) in [6, 6.07) is 2.12. The molecular formula is C12H19ClN4. The van der Waals surface area contributed by atoms with Gasteiger partial charge in [0.25, 0.3) is 0 Å². The van der Waals surface area contributed by atoms with Crippen LogP contribution in [0, 0.1) is 5.92 Å². The number of nitrogens with two attached hydrogens (primary N) is 1. The smallest absolute Gasteiger partial charge is 0.223 e. The third-order valence-corrected chi connectivity index (χ3v) is 3.64. The lowest BCUT2D eigenvalue weighted by molar-refractivity contribution is 0.328. The zero-order chi connectivity index (χ0) is 12.3. The lowest BCUT2D eigenvalue weighted by atomic mass is 9.84. The van der Waals surface area contributed by atoms with Crippen molar-refractivity contribution < 1.29 is 0 Å². The van der Waals surface area contributed by atoms with E-state index in [-0.39, 0.29) is 5.95 Å². The second-order valence-corrected chi connectivity index (χ2v) is 5.15. The van der Waals surface area contributed by atoms with Crippen LogP contribution in [-0.4, -0.2) is 16.0 Å². The Hall–Kier alpha value is -1.03. The molecule has 3 N–H and O–H groups in total. The van der Waals surface area contributed by atoms with Crippen LogP contribution in [0.5, 0.6) is 0 Å². The first kappa shape index (κ1) is 12.4. The van der Waals surface area contributed by atoms with Gasteiger partial charge in [-0.2, -0.15) is 4.98 Å². The quantitative estimate of drug-likeness (QED) is 0.814. The van der Waals surface area contributed by atoms with Crippen LogP contribution in [-0.2, 0) is 0 Å². The molecule has 0 unspecified atom stereocenters. The molecule has 1 aromatic heterocycles. The zero-order valence-electron chi connectivity index (χ0n) is 10.1. The van der Waals surface area contributed by atoms with Gasteiger partial charge >= 0.3 is 0 Å². The summed E-state index contributed by atoms with van der Waals surface area (Å²) >= 11 is 5.85. The lowest BCUT2D eigenvalue weighted by Gasteiger charge is -2.28. The average molecular weight is 255 g/mol. The summed E-state index contributed by atoms with van der Waals surface area (Å²) in [5.41, 5.74) is 5.57. The maximum atomic E-state index is 5.85. The van der Waals surface area contributed by atoms with Crippen LogP contribution in [0.25, 0.3) is 0 Å². The summed E-state index contributed by atoms with van der Waals surface area (Å²) in [6.07, 6.45) is 6.63. The molecule has 1 atom stereocenters. The minimum atomic E-state index is 0.218. The summed E-state index contributed by atoms with van der Waals surface area (Å²) in [5.74, 6) is 1.66. The molecule has 4 nitrogen and oxygen atoms in total. The summed E-state index contributed by atoms with van der Waals surface area (Å²) in [6.45, 7) is 2.20. The SMILES string of the molecule is C[C@H](Nc1cc(Cl)nc(N)n1)C1CCCCC1. The number of halogens is 1. The molecule has 1 aliphatic carbocycles. The summed E-state index contributed by atoms with van der Waals surface area (Å²) in [5, 5.41) is 3.76. The van der Waals surface area contributed by atoms with Gasteiger partial charge in [0.1, 0.15) is 11.0 Å². The highest BCUT2D eigenvalue weighted by Crippen LogP contribution is 2.28. The predicted molar refractivity (Wildman–Crippen MR) is 71.1 cm³/mol. The van der Waals surface area contributed by atoms with E-state index in [1.165, 1.54) is 32.1 Å². The fourth-order valence-corrected chi connectivity index (χ4v) is 2.68. The Labute approximate surface area is 107 Å². The fourth-order valence-electron chi connectivity index (χ4n) is 2.49. The molecule has 2 rings (SSSR count). The molecule has 1 aromatic rings. The van der Waals surface area contributed by atoms with E-state index in [0.717, 1.165) is 11.7 Å². The van der Waals surface area contributed by atoms with Crippen molar-refractivity contribution in [2.24, 2.45) is 5.92 Å². The molecule has 0 saturated heterocycles. The average Bonchev–Trinajstić information content (AvgIpc) is 2.28. The van der Waals surface area contributed by atoms with Gasteiger partial charge in [-0.1, -0.05) is 30.9 Å². The molecular weight excluding hydrogens is 236 g/mol. The molecule has 0 aliphatic heterocycles. The predicted octanol–water partition coefficient (Wildman–Crippen LogP) is 3.09. The van der Waals surface area contributed by atoms with E-state index in [1.54, 1.807) is 6.07 Å². The van der Waals surface area contributed by atoms with Crippen molar-refractivity contribution in [1.29, 1.82) is 0 Å². The number of nitrogens with one attached hydrogen (secondary N) is 1. The van der Waals surface area contributed by atoms with Crippen LogP contribution in [0.15, 0.2) is 6.07 Å². The largest absolute Gasteiger partial charge is 0.368 e. The standard InChI is InChI=1S/C12H19ClN4/c1-8(9-5-3-2-4-6-9)15-11-7-10(13)16-12(14)17-11/h7-9H,2-6H2,1H3,(H3,14,15,16,17)/t8-/m0/s1. The Morgan fingerprint density at radius 1 is 1.35 bits per heavy atom. The number of anilines is 2. The molecule has 5 heteroatoms. The van der Waals surface area contributed by atoms with Crippen LogP contribution in [0.1, 0.15) is 39.0 Å². The Morgan fingerprint density at radius 2 is 2.06 bits per heavy atom. The van der Waals surface area contributed by atoms with Crippen LogP contribution < -0.4 is 11.1 Å². The molecule has 0 aromatic carbocycles. The third-order valence-electron chi connectivity index (χ3n) is 3.44. The highest BCUT2D eigenvalue weighted by Gasteiger charge is 2.20. The van der Waals surface area contributed by atoms with E-state index in [9.17, 15) is 0 Å². The van der Waals surface area contributed by atoms with Gasteiger partial charge in [0.15, 0.2) is 0 Å². The normalized spacial score (nSPS) is 18.9. The van der Waals surface area contributed by atoms with Crippen molar-refractivity contribution in [3.63, 3.8) is 0 Å². The van der Waals surface area contributed by atoms with Gasteiger partial charge in [0.2, 0.25) is 5.95 Å². The number of nitrogen functional groups attached to an aromatic ring is 1. The topological polar surface area (TPSA) is 63.8 Å². The van der Waals surface area contributed by atoms with Crippen molar-refractivity contribution in [2.75, 3.05) is 11.1 Å². The Kier molecular flexibility index (Phi) is 4.05. The first-order valence-electron chi connectivity index (χ1n) is 6.22. The minimum Gasteiger partial charge on any atom is -0.368 e. The molecule has 1 fully saturated rings. The van der Waals surface area contributed by atoms with Crippen LogP contribution in [0.4, 0.5) is 11.8 Å². The molecule has 0 amide bonds. The Morgan fingerprint density at radius 3 is 2.71 bits per heavy atom. The van der Waals surface area contributed by atoms with Crippen LogP contribution in [0.3, 0.4) is 0 Å². The lowest BCUT2D eigenvalue weighted by Crippen LogP contribution is -2.28. The molecule has 0 spiro atoms. The molecule has 1 aliphatic rings. The van der Waals surface area contributed by atoms with E-state index in [1.807, 2.05) is 0 Å². The van der Waals surface area contributed by atoms with Gasteiger partial charge in [-0.15, -0.1) is 0 Å². The zero-order valence-corrected chi connectivity index (χ0v) is 10.9. The number of aromatic nitrogens is 2.